The van der Waals surface area contributed by atoms with Crippen molar-refractivity contribution in [3.05, 3.63) is 0 Å². The van der Waals surface area contributed by atoms with Crippen molar-refractivity contribution in [1.29, 1.82) is 0 Å². The standard InChI is InChI=1S/C14H29NO/c1-3-4-5-6-7-8-9-10-11-12-13-14(16)15-2/h3-13H2,1-2H3,(H,15,16). The molecule has 96 valence electrons. The Morgan fingerprint density at radius 3 is 1.69 bits per heavy atom. The minimum Gasteiger partial charge on any atom is -0.359 e. The van der Waals surface area contributed by atoms with Crippen molar-refractivity contribution in [3.63, 3.8) is 0 Å². The highest BCUT2D eigenvalue weighted by Crippen LogP contribution is 2.11. The van der Waals surface area contributed by atoms with Crippen LogP contribution in [0.4, 0.5) is 0 Å². The molecular weight excluding hydrogens is 198 g/mol. The van der Waals surface area contributed by atoms with E-state index in [0.29, 0.717) is 6.42 Å². The van der Waals surface area contributed by atoms with Crippen LogP contribution >= 0.6 is 0 Å². The normalized spacial score (nSPS) is 10.4. The Labute approximate surface area is 101 Å². The lowest BCUT2D eigenvalue weighted by molar-refractivity contribution is -0.120. The van der Waals surface area contributed by atoms with E-state index in [1.165, 1.54) is 57.8 Å². The fourth-order valence-corrected chi connectivity index (χ4v) is 1.90. The Hall–Kier alpha value is -0.530. The van der Waals surface area contributed by atoms with Crippen LogP contribution in [0.5, 0.6) is 0 Å². The van der Waals surface area contributed by atoms with E-state index in [9.17, 15) is 4.79 Å². The number of hydrogen-bond donors (Lipinski definition) is 1. The molecule has 0 saturated carbocycles. The topological polar surface area (TPSA) is 29.1 Å². The van der Waals surface area contributed by atoms with E-state index in [-0.39, 0.29) is 5.91 Å². The second kappa shape index (κ2) is 12.5. The first-order valence-electron chi connectivity index (χ1n) is 7.01. The van der Waals surface area contributed by atoms with E-state index in [1.807, 2.05) is 0 Å². The molecule has 0 heterocycles. The predicted molar refractivity (Wildman–Crippen MR) is 70.5 cm³/mol. The summed E-state index contributed by atoms with van der Waals surface area (Å²) >= 11 is 0. The monoisotopic (exact) mass is 227 g/mol. The summed E-state index contributed by atoms with van der Waals surface area (Å²) in [5.41, 5.74) is 0. The SMILES string of the molecule is CCCCCCCCCCCCC(=O)NC. The number of unbranched alkanes of at least 4 members (excludes halogenated alkanes) is 9. The van der Waals surface area contributed by atoms with E-state index in [0.717, 1.165) is 6.42 Å². The maximum absolute atomic E-state index is 10.9. The third-order valence-corrected chi connectivity index (χ3v) is 3.04. The second-order valence-corrected chi connectivity index (χ2v) is 4.61. The highest BCUT2D eigenvalue weighted by atomic mass is 16.1. The van der Waals surface area contributed by atoms with Crippen LogP contribution in [0, 0.1) is 0 Å². The molecule has 1 amide bonds. The molecule has 0 fully saturated rings. The minimum absolute atomic E-state index is 0.180. The first-order valence-corrected chi connectivity index (χ1v) is 7.01. The largest absolute Gasteiger partial charge is 0.359 e. The molecule has 2 nitrogen and oxygen atoms in total. The zero-order valence-corrected chi connectivity index (χ0v) is 11.2. The summed E-state index contributed by atoms with van der Waals surface area (Å²) in [7, 11) is 1.71. The van der Waals surface area contributed by atoms with Crippen molar-refractivity contribution in [2.45, 2.75) is 77.6 Å². The fraction of sp³-hybridized carbons (Fsp3) is 0.929. The molecule has 0 aliphatic heterocycles. The van der Waals surface area contributed by atoms with Gasteiger partial charge in [-0.25, -0.2) is 0 Å². The number of hydrogen-bond acceptors (Lipinski definition) is 1. The van der Waals surface area contributed by atoms with Gasteiger partial charge in [0.15, 0.2) is 0 Å². The summed E-state index contributed by atoms with van der Waals surface area (Å²) in [6, 6.07) is 0. The van der Waals surface area contributed by atoms with Crippen LogP contribution in [0.15, 0.2) is 0 Å². The summed E-state index contributed by atoms with van der Waals surface area (Å²) in [6.07, 6.45) is 13.9. The summed E-state index contributed by atoms with van der Waals surface area (Å²) in [5, 5.41) is 2.66. The Bertz CT molecular complexity index is 157. The molecule has 0 aromatic heterocycles. The quantitative estimate of drug-likeness (QED) is 0.530. The molecule has 0 aliphatic carbocycles. The molecule has 0 rings (SSSR count). The van der Waals surface area contributed by atoms with Gasteiger partial charge in [-0.3, -0.25) is 4.79 Å². The lowest BCUT2D eigenvalue weighted by Crippen LogP contribution is -2.16. The number of amides is 1. The zero-order chi connectivity index (χ0) is 12.1. The molecule has 0 aliphatic rings. The third-order valence-electron chi connectivity index (χ3n) is 3.04. The van der Waals surface area contributed by atoms with Crippen molar-refractivity contribution in [1.82, 2.24) is 5.32 Å². The zero-order valence-electron chi connectivity index (χ0n) is 11.2. The third kappa shape index (κ3) is 11.5. The lowest BCUT2D eigenvalue weighted by atomic mass is 10.1. The summed E-state index contributed by atoms with van der Waals surface area (Å²) < 4.78 is 0. The Kier molecular flexibility index (Phi) is 12.1. The average molecular weight is 227 g/mol. The smallest absolute Gasteiger partial charge is 0.219 e. The summed E-state index contributed by atoms with van der Waals surface area (Å²) in [5.74, 6) is 0.180. The molecule has 1 N–H and O–H groups in total. The van der Waals surface area contributed by atoms with Crippen molar-refractivity contribution in [2.24, 2.45) is 0 Å². The van der Waals surface area contributed by atoms with E-state index >= 15 is 0 Å². The van der Waals surface area contributed by atoms with E-state index in [4.69, 9.17) is 0 Å². The van der Waals surface area contributed by atoms with Gasteiger partial charge in [-0.1, -0.05) is 64.7 Å². The number of carbonyl (C=O) groups is 1. The molecule has 0 aromatic rings. The molecule has 0 saturated heterocycles. The first kappa shape index (κ1) is 15.5. The molecule has 0 aromatic carbocycles. The lowest BCUT2D eigenvalue weighted by Gasteiger charge is -2.02. The van der Waals surface area contributed by atoms with Gasteiger partial charge in [-0.2, -0.15) is 0 Å². The van der Waals surface area contributed by atoms with Crippen LogP contribution < -0.4 is 5.32 Å². The van der Waals surface area contributed by atoms with Crippen LogP contribution in [0.3, 0.4) is 0 Å². The number of rotatable bonds is 11. The molecule has 2 heteroatoms. The van der Waals surface area contributed by atoms with Gasteiger partial charge in [0.1, 0.15) is 0 Å². The van der Waals surface area contributed by atoms with E-state index in [1.54, 1.807) is 7.05 Å². The Balaban J connectivity index is 2.96. The molecule has 0 spiro atoms. The molecular formula is C14H29NO. The molecule has 0 unspecified atom stereocenters. The van der Waals surface area contributed by atoms with Crippen molar-refractivity contribution in [2.75, 3.05) is 7.05 Å². The van der Waals surface area contributed by atoms with Gasteiger partial charge in [0.25, 0.3) is 0 Å². The second-order valence-electron chi connectivity index (χ2n) is 4.61. The molecule has 0 radical (unpaired) electrons. The van der Waals surface area contributed by atoms with Gasteiger partial charge in [0.05, 0.1) is 0 Å². The van der Waals surface area contributed by atoms with Crippen LogP contribution in [-0.2, 0) is 4.79 Å². The van der Waals surface area contributed by atoms with Gasteiger partial charge in [-0.05, 0) is 6.42 Å². The van der Waals surface area contributed by atoms with Gasteiger partial charge < -0.3 is 5.32 Å². The summed E-state index contributed by atoms with van der Waals surface area (Å²) in [6.45, 7) is 2.26. The van der Waals surface area contributed by atoms with E-state index in [2.05, 4.69) is 12.2 Å². The van der Waals surface area contributed by atoms with Crippen molar-refractivity contribution < 1.29 is 4.79 Å². The van der Waals surface area contributed by atoms with Crippen LogP contribution in [0.1, 0.15) is 77.6 Å². The van der Waals surface area contributed by atoms with Gasteiger partial charge in [-0.15, -0.1) is 0 Å². The fourth-order valence-electron chi connectivity index (χ4n) is 1.90. The van der Waals surface area contributed by atoms with Crippen molar-refractivity contribution in [3.8, 4) is 0 Å². The molecule has 0 bridgehead atoms. The predicted octanol–water partition coefficient (Wildman–Crippen LogP) is 4.04. The number of nitrogens with one attached hydrogen (secondary N) is 1. The average Bonchev–Trinajstić information content (AvgIpc) is 2.31. The number of carbonyl (C=O) groups excluding carboxylic acids is 1. The van der Waals surface area contributed by atoms with Crippen LogP contribution in [0.2, 0.25) is 0 Å². The Morgan fingerprint density at radius 1 is 0.812 bits per heavy atom. The van der Waals surface area contributed by atoms with Crippen LogP contribution in [0.25, 0.3) is 0 Å². The highest BCUT2D eigenvalue weighted by molar-refractivity contribution is 5.75. The maximum Gasteiger partial charge on any atom is 0.219 e. The van der Waals surface area contributed by atoms with Crippen LogP contribution in [-0.4, -0.2) is 13.0 Å². The summed E-state index contributed by atoms with van der Waals surface area (Å²) in [4.78, 5) is 10.9. The van der Waals surface area contributed by atoms with Gasteiger partial charge in [0, 0.05) is 13.5 Å². The first-order chi connectivity index (χ1) is 7.81. The van der Waals surface area contributed by atoms with Gasteiger partial charge >= 0.3 is 0 Å². The highest BCUT2D eigenvalue weighted by Gasteiger charge is 1.97. The Morgan fingerprint density at radius 2 is 1.25 bits per heavy atom. The molecule has 16 heavy (non-hydrogen) atoms. The molecule has 0 atom stereocenters. The van der Waals surface area contributed by atoms with E-state index < -0.39 is 0 Å². The maximum atomic E-state index is 10.9. The van der Waals surface area contributed by atoms with Gasteiger partial charge in [0.2, 0.25) is 5.91 Å². The minimum atomic E-state index is 0.180. The van der Waals surface area contributed by atoms with Crippen molar-refractivity contribution >= 4 is 5.91 Å².